The topological polar surface area (TPSA) is 58.2 Å². The Hall–Kier alpha value is -0.850. The summed E-state index contributed by atoms with van der Waals surface area (Å²) in [4.78, 5) is 22.6. The van der Waals surface area contributed by atoms with Crippen LogP contribution in [0.4, 0.5) is 14.9 Å². The Labute approximate surface area is 121 Å². The van der Waals surface area contributed by atoms with Crippen molar-refractivity contribution in [2.24, 2.45) is 0 Å². The van der Waals surface area contributed by atoms with Gasteiger partial charge < -0.3 is 5.32 Å². The molecule has 3 amide bonds. The van der Waals surface area contributed by atoms with Crippen LogP contribution in [0.2, 0.25) is 5.02 Å². The van der Waals surface area contributed by atoms with Crippen molar-refractivity contribution in [2.75, 3.05) is 5.32 Å². The molecule has 2 N–H and O–H groups in total. The fraction of sp³-hybridized carbons (Fsp3) is 0.200. The van der Waals surface area contributed by atoms with Crippen LogP contribution in [0, 0.1) is 5.82 Å². The van der Waals surface area contributed by atoms with E-state index < -0.39 is 23.1 Å². The largest absolute Gasteiger partial charge is 0.325 e. The van der Waals surface area contributed by atoms with Crippen LogP contribution in [0.1, 0.15) is 6.92 Å². The molecule has 1 aromatic rings. The zero-order chi connectivity index (χ0) is 13.9. The number of amides is 3. The van der Waals surface area contributed by atoms with Crippen LogP contribution in [0.15, 0.2) is 16.6 Å². The van der Waals surface area contributed by atoms with Gasteiger partial charge in [0.2, 0.25) is 5.91 Å². The first kappa shape index (κ1) is 15.2. The van der Waals surface area contributed by atoms with Gasteiger partial charge in [0.15, 0.2) is 0 Å². The summed E-state index contributed by atoms with van der Waals surface area (Å²) in [6.07, 6.45) is 0. The van der Waals surface area contributed by atoms with E-state index in [1.807, 2.05) is 5.32 Å². The average Bonchev–Trinajstić information content (AvgIpc) is 2.23. The molecule has 0 heterocycles. The molecule has 1 aromatic carbocycles. The maximum Gasteiger partial charge on any atom is 0.325 e. The molecule has 1 unspecified atom stereocenters. The number of benzene rings is 1. The molecule has 0 saturated carbocycles. The minimum absolute atomic E-state index is 0.00314. The summed E-state index contributed by atoms with van der Waals surface area (Å²) in [5.74, 6) is -1.20. The summed E-state index contributed by atoms with van der Waals surface area (Å²) in [5, 5.41) is 3.48. The first-order valence-corrected chi connectivity index (χ1v) is 6.32. The number of urea groups is 1. The van der Waals surface area contributed by atoms with Crippen LogP contribution < -0.4 is 10.6 Å². The van der Waals surface area contributed by atoms with E-state index in [1.165, 1.54) is 6.92 Å². The van der Waals surface area contributed by atoms with Gasteiger partial charge in [-0.2, -0.15) is 0 Å². The van der Waals surface area contributed by atoms with Crippen LogP contribution in [-0.4, -0.2) is 17.3 Å². The van der Waals surface area contributed by atoms with Gasteiger partial charge in [-0.1, -0.05) is 11.6 Å². The molecule has 0 spiro atoms. The third-order valence-corrected chi connectivity index (χ3v) is 2.97. The average molecular weight is 358 g/mol. The van der Waals surface area contributed by atoms with E-state index >= 15 is 0 Å². The second-order valence-corrected chi connectivity index (χ2v) is 5.22. The Kier molecular flexibility index (Phi) is 5.37. The number of hydrogen-bond donors (Lipinski definition) is 2. The molecular formula is C10H8BrCl2FN2O2. The lowest BCUT2D eigenvalue weighted by Crippen LogP contribution is -2.38. The Morgan fingerprint density at radius 1 is 1.44 bits per heavy atom. The zero-order valence-electron chi connectivity index (χ0n) is 9.06. The summed E-state index contributed by atoms with van der Waals surface area (Å²) >= 11 is 14.3. The number of alkyl halides is 1. The van der Waals surface area contributed by atoms with Crippen molar-refractivity contribution in [3.63, 3.8) is 0 Å². The fourth-order valence-electron chi connectivity index (χ4n) is 1.02. The lowest BCUT2D eigenvalue weighted by Gasteiger charge is -2.10. The fourth-order valence-corrected chi connectivity index (χ4v) is 1.97. The van der Waals surface area contributed by atoms with Gasteiger partial charge >= 0.3 is 6.03 Å². The molecule has 8 heteroatoms. The molecule has 0 fully saturated rings. The molecule has 0 aliphatic carbocycles. The molecule has 0 aliphatic rings. The molecule has 0 bridgehead atoms. The number of hydrogen-bond acceptors (Lipinski definition) is 2. The van der Waals surface area contributed by atoms with Crippen molar-refractivity contribution in [3.8, 4) is 0 Å². The van der Waals surface area contributed by atoms with Gasteiger partial charge in [-0.3, -0.25) is 10.1 Å². The number of nitrogens with one attached hydrogen (secondary N) is 2. The smallest absolute Gasteiger partial charge is 0.305 e. The minimum atomic E-state index is -0.845. The summed E-state index contributed by atoms with van der Waals surface area (Å²) in [7, 11) is 0. The van der Waals surface area contributed by atoms with E-state index in [0.29, 0.717) is 0 Å². The summed E-state index contributed by atoms with van der Waals surface area (Å²) in [6.45, 7) is 1.42. The van der Waals surface area contributed by atoms with Gasteiger partial charge in [0.1, 0.15) is 11.2 Å². The first-order chi connectivity index (χ1) is 8.31. The van der Waals surface area contributed by atoms with Crippen molar-refractivity contribution >= 4 is 56.8 Å². The summed E-state index contributed by atoms with van der Waals surface area (Å²) in [6, 6.07) is 1.36. The van der Waals surface area contributed by atoms with E-state index in [1.54, 1.807) is 0 Å². The Balaban J connectivity index is 2.80. The van der Waals surface area contributed by atoms with Crippen LogP contribution in [0.5, 0.6) is 0 Å². The van der Waals surface area contributed by atoms with E-state index in [2.05, 4.69) is 21.2 Å². The zero-order valence-corrected chi connectivity index (χ0v) is 12.2. The van der Waals surface area contributed by atoms with Gasteiger partial charge in [-0.05, 0) is 35.0 Å². The highest BCUT2D eigenvalue weighted by Gasteiger charge is 2.15. The van der Waals surface area contributed by atoms with Crippen molar-refractivity contribution in [1.82, 2.24) is 5.32 Å². The third-order valence-electron chi connectivity index (χ3n) is 1.84. The Bertz CT molecular complexity index is 474. The highest BCUT2D eigenvalue weighted by molar-refractivity contribution is 9.10. The highest BCUT2D eigenvalue weighted by atomic mass is 79.9. The standard InChI is InChI=1S/C10H8BrCl2FN2O2/c1-4(12)9(17)16-10(18)15-8-6(11)2-5(14)3-7(8)13/h2-4H,1H3,(H2,15,16,17,18). The molecule has 1 atom stereocenters. The molecule has 0 aliphatic heterocycles. The van der Waals surface area contributed by atoms with Gasteiger partial charge in [-0.25, -0.2) is 9.18 Å². The van der Waals surface area contributed by atoms with Crippen molar-refractivity contribution < 1.29 is 14.0 Å². The normalized spacial score (nSPS) is 11.8. The Morgan fingerprint density at radius 2 is 2.06 bits per heavy atom. The van der Waals surface area contributed by atoms with Gasteiger partial charge in [0, 0.05) is 4.47 Å². The molecule has 0 saturated heterocycles. The molecule has 4 nitrogen and oxygen atoms in total. The lowest BCUT2D eigenvalue weighted by molar-refractivity contribution is -0.119. The Morgan fingerprint density at radius 3 is 2.56 bits per heavy atom. The highest BCUT2D eigenvalue weighted by Crippen LogP contribution is 2.31. The van der Waals surface area contributed by atoms with Crippen molar-refractivity contribution in [1.29, 1.82) is 0 Å². The third kappa shape index (κ3) is 4.12. The second-order valence-electron chi connectivity index (χ2n) is 3.30. The monoisotopic (exact) mass is 356 g/mol. The molecule has 1 rings (SSSR count). The molecule has 0 aromatic heterocycles. The number of carbonyl (C=O) groups excluding carboxylic acids is 2. The van der Waals surface area contributed by atoms with Crippen LogP contribution in [-0.2, 0) is 4.79 Å². The van der Waals surface area contributed by atoms with Crippen LogP contribution in [0.3, 0.4) is 0 Å². The number of anilines is 1. The number of imide groups is 1. The van der Waals surface area contributed by atoms with E-state index in [9.17, 15) is 14.0 Å². The first-order valence-electron chi connectivity index (χ1n) is 4.71. The van der Waals surface area contributed by atoms with E-state index in [4.69, 9.17) is 23.2 Å². The molecular weight excluding hydrogens is 350 g/mol. The van der Waals surface area contributed by atoms with Gasteiger partial charge in [0.25, 0.3) is 0 Å². The maximum atomic E-state index is 12.9. The summed E-state index contributed by atoms with van der Waals surface area (Å²) in [5.41, 5.74) is 0.158. The van der Waals surface area contributed by atoms with Gasteiger partial charge in [0.05, 0.1) is 10.7 Å². The van der Waals surface area contributed by atoms with E-state index in [-0.39, 0.29) is 15.2 Å². The van der Waals surface area contributed by atoms with E-state index in [0.717, 1.165) is 12.1 Å². The molecule has 98 valence electrons. The predicted octanol–water partition coefficient (Wildman–Crippen LogP) is 3.52. The number of halogens is 4. The molecule has 18 heavy (non-hydrogen) atoms. The van der Waals surface area contributed by atoms with Crippen LogP contribution in [0.25, 0.3) is 0 Å². The quantitative estimate of drug-likeness (QED) is 0.795. The van der Waals surface area contributed by atoms with Crippen molar-refractivity contribution in [3.05, 3.63) is 27.4 Å². The number of carbonyl (C=O) groups is 2. The van der Waals surface area contributed by atoms with Gasteiger partial charge in [-0.15, -0.1) is 11.6 Å². The second kappa shape index (κ2) is 6.36. The lowest BCUT2D eigenvalue weighted by atomic mass is 10.3. The number of rotatable bonds is 2. The predicted molar refractivity (Wildman–Crippen MR) is 71.6 cm³/mol. The van der Waals surface area contributed by atoms with Crippen molar-refractivity contribution in [2.45, 2.75) is 12.3 Å². The molecule has 0 radical (unpaired) electrons. The van der Waals surface area contributed by atoms with Crippen LogP contribution >= 0.6 is 39.1 Å². The minimum Gasteiger partial charge on any atom is -0.305 e. The summed E-state index contributed by atoms with van der Waals surface area (Å²) < 4.78 is 13.2. The SMILES string of the molecule is CC(Cl)C(=O)NC(=O)Nc1c(Cl)cc(F)cc1Br. The maximum absolute atomic E-state index is 12.9.